The second kappa shape index (κ2) is 6.53. The summed E-state index contributed by atoms with van der Waals surface area (Å²) in [5.41, 5.74) is 4.31. The molecule has 0 radical (unpaired) electrons. The number of halogens is 1. The minimum Gasteiger partial charge on any atom is -0.261 e. The number of nitrogens with zero attached hydrogens (tertiary/aromatic N) is 3. The average Bonchev–Trinajstić information content (AvgIpc) is 2.56. The number of benzene rings is 2. The van der Waals surface area contributed by atoms with Crippen LogP contribution in [0.3, 0.4) is 0 Å². The van der Waals surface area contributed by atoms with Gasteiger partial charge in [0.1, 0.15) is 5.82 Å². The van der Waals surface area contributed by atoms with Crippen molar-refractivity contribution in [2.24, 2.45) is 5.10 Å². The molecule has 0 unspecified atom stereocenters. The van der Waals surface area contributed by atoms with E-state index < -0.39 is 4.92 Å². The van der Waals surface area contributed by atoms with Crippen molar-refractivity contribution in [3.63, 3.8) is 0 Å². The number of aromatic nitrogens is 1. The average molecular weight is 371 g/mol. The fourth-order valence-electron chi connectivity index (χ4n) is 2.05. The molecule has 3 aromatic rings. The van der Waals surface area contributed by atoms with Gasteiger partial charge < -0.3 is 0 Å². The standard InChI is InChI=1S/C16H11BrN4O2/c17-13-7-5-11(9-15(13)21(22)23)10-18-20-16-8-6-12-3-1-2-4-14(12)19-16/h1-10H,(H,19,20)/b18-10-. The number of para-hydroxylation sites is 1. The maximum absolute atomic E-state index is 10.9. The van der Waals surface area contributed by atoms with E-state index in [4.69, 9.17) is 0 Å². The summed E-state index contributed by atoms with van der Waals surface area (Å²) in [6.07, 6.45) is 1.51. The third-order valence-corrected chi connectivity index (χ3v) is 3.83. The predicted octanol–water partition coefficient (Wildman–Crippen LogP) is 4.35. The zero-order valence-electron chi connectivity index (χ0n) is 11.8. The Morgan fingerprint density at radius 2 is 2.00 bits per heavy atom. The fraction of sp³-hybridized carbons (Fsp3) is 0. The van der Waals surface area contributed by atoms with E-state index in [9.17, 15) is 10.1 Å². The van der Waals surface area contributed by atoms with Gasteiger partial charge in [-0.15, -0.1) is 0 Å². The molecule has 0 atom stereocenters. The molecule has 0 aliphatic carbocycles. The molecule has 0 saturated carbocycles. The Balaban J connectivity index is 1.77. The number of anilines is 1. The van der Waals surface area contributed by atoms with Crippen LogP contribution in [0.25, 0.3) is 10.9 Å². The zero-order chi connectivity index (χ0) is 16.2. The SMILES string of the molecule is O=[N+]([O-])c1cc(/C=N\Nc2ccc3ccccc3n2)ccc1Br. The van der Waals surface area contributed by atoms with E-state index in [-0.39, 0.29) is 5.69 Å². The molecule has 114 valence electrons. The summed E-state index contributed by atoms with van der Waals surface area (Å²) in [5, 5.41) is 16.0. The van der Waals surface area contributed by atoms with Crippen LogP contribution in [-0.4, -0.2) is 16.1 Å². The van der Waals surface area contributed by atoms with Gasteiger partial charge in [0.05, 0.1) is 21.1 Å². The molecule has 0 amide bonds. The summed E-state index contributed by atoms with van der Waals surface area (Å²) < 4.78 is 0.434. The van der Waals surface area contributed by atoms with Gasteiger partial charge in [0, 0.05) is 17.0 Å². The van der Waals surface area contributed by atoms with E-state index in [1.165, 1.54) is 12.3 Å². The molecule has 3 rings (SSSR count). The Labute approximate surface area is 140 Å². The summed E-state index contributed by atoms with van der Waals surface area (Å²) in [6.45, 7) is 0. The first-order valence-electron chi connectivity index (χ1n) is 6.72. The Hall–Kier alpha value is -2.80. The van der Waals surface area contributed by atoms with Gasteiger partial charge in [0.15, 0.2) is 0 Å². The van der Waals surface area contributed by atoms with Crippen molar-refractivity contribution in [2.45, 2.75) is 0 Å². The van der Waals surface area contributed by atoms with Crippen molar-refractivity contribution in [1.82, 2.24) is 4.98 Å². The number of nitrogens with one attached hydrogen (secondary N) is 1. The smallest absolute Gasteiger partial charge is 0.261 e. The van der Waals surface area contributed by atoms with Crippen LogP contribution in [0.2, 0.25) is 0 Å². The number of pyridine rings is 1. The van der Waals surface area contributed by atoms with Crippen LogP contribution in [-0.2, 0) is 0 Å². The summed E-state index contributed by atoms with van der Waals surface area (Å²) in [7, 11) is 0. The number of rotatable bonds is 4. The van der Waals surface area contributed by atoms with Gasteiger partial charge in [-0.2, -0.15) is 5.10 Å². The van der Waals surface area contributed by atoms with E-state index in [0.717, 1.165) is 10.9 Å². The second-order valence-electron chi connectivity index (χ2n) is 4.73. The van der Waals surface area contributed by atoms with Gasteiger partial charge in [-0.05, 0) is 40.2 Å². The summed E-state index contributed by atoms with van der Waals surface area (Å²) in [4.78, 5) is 14.9. The minimum absolute atomic E-state index is 0.00206. The van der Waals surface area contributed by atoms with Crippen LogP contribution in [0.1, 0.15) is 5.56 Å². The molecule has 0 bridgehead atoms. The van der Waals surface area contributed by atoms with Crippen molar-refractivity contribution in [1.29, 1.82) is 0 Å². The monoisotopic (exact) mass is 370 g/mol. The molecule has 6 nitrogen and oxygen atoms in total. The molecule has 0 aliphatic rings. The van der Waals surface area contributed by atoms with Gasteiger partial charge in [-0.1, -0.05) is 24.3 Å². The Morgan fingerprint density at radius 3 is 2.83 bits per heavy atom. The van der Waals surface area contributed by atoms with Crippen LogP contribution in [0.4, 0.5) is 11.5 Å². The molecule has 2 aromatic carbocycles. The molecule has 1 heterocycles. The lowest BCUT2D eigenvalue weighted by atomic mass is 10.2. The highest BCUT2D eigenvalue weighted by Gasteiger charge is 2.11. The van der Waals surface area contributed by atoms with Crippen molar-refractivity contribution < 1.29 is 4.92 Å². The van der Waals surface area contributed by atoms with Crippen LogP contribution in [0, 0.1) is 10.1 Å². The van der Waals surface area contributed by atoms with Gasteiger partial charge in [0.25, 0.3) is 5.69 Å². The Bertz CT molecular complexity index is 911. The van der Waals surface area contributed by atoms with Crippen molar-refractivity contribution in [3.8, 4) is 0 Å². The third-order valence-electron chi connectivity index (χ3n) is 3.16. The normalized spacial score (nSPS) is 11.0. The number of nitro benzene ring substituents is 1. The Kier molecular flexibility index (Phi) is 4.29. The lowest BCUT2D eigenvalue weighted by molar-refractivity contribution is -0.385. The maximum atomic E-state index is 10.9. The van der Waals surface area contributed by atoms with E-state index in [2.05, 4.69) is 31.4 Å². The van der Waals surface area contributed by atoms with E-state index in [1.54, 1.807) is 12.1 Å². The van der Waals surface area contributed by atoms with Crippen LogP contribution < -0.4 is 5.43 Å². The second-order valence-corrected chi connectivity index (χ2v) is 5.58. The molecule has 0 fully saturated rings. The van der Waals surface area contributed by atoms with Crippen LogP contribution in [0.15, 0.2) is 64.2 Å². The maximum Gasteiger partial charge on any atom is 0.284 e. The van der Waals surface area contributed by atoms with Crippen LogP contribution in [0.5, 0.6) is 0 Å². The predicted molar refractivity (Wildman–Crippen MR) is 93.8 cm³/mol. The van der Waals surface area contributed by atoms with Crippen LogP contribution >= 0.6 is 15.9 Å². The van der Waals surface area contributed by atoms with Crippen molar-refractivity contribution in [2.75, 3.05) is 5.43 Å². The first-order chi connectivity index (χ1) is 11.1. The van der Waals surface area contributed by atoms with Crippen molar-refractivity contribution in [3.05, 3.63) is 74.7 Å². The molecule has 7 heteroatoms. The minimum atomic E-state index is -0.445. The zero-order valence-corrected chi connectivity index (χ0v) is 13.4. The molecule has 1 aromatic heterocycles. The number of hydrogen-bond acceptors (Lipinski definition) is 5. The quantitative estimate of drug-likeness (QED) is 0.420. The van der Waals surface area contributed by atoms with E-state index >= 15 is 0 Å². The summed E-state index contributed by atoms with van der Waals surface area (Å²) in [6, 6.07) is 16.3. The molecular formula is C16H11BrN4O2. The number of nitro groups is 1. The summed E-state index contributed by atoms with van der Waals surface area (Å²) >= 11 is 3.15. The molecule has 1 N–H and O–H groups in total. The molecular weight excluding hydrogens is 360 g/mol. The van der Waals surface area contributed by atoms with Gasteiger partial charge in [0.2, 0.25) is 0 Å². The van der Waals surface area contributed by atoms with Gasteiger partial charge >= 0.3 is 0 Å². The Morgan fingerprint density at radius 1 is 1.17 bits per heavy atom. The summed E-state index contributed by atoms with van der Waals surface area (Å²) in [5.74, 6) is 0.603. The highest BCUT2D eigenvalue weighted by atomic mass is 79.9. The highest BCUT2D eigenvalue weighted by molar-refractivity contribution is 9.10. The number of hydrogen-bond donors (Lipinski definition) is 1. The van der Waals surface area contributed by atoms with Gasteiger partial charge in [-0.25, -0.2) is 4.98 Å². The largest absolute Gasteiger partial charge is 0.284 e. The third kappa shape index (κ3) is 3.51. The fourth-order valence-corrected chi connectivity index (χ4v) is 2.44. The van der Waals surface area contributed by atoms with Gasteiger partial charge in [-0.3, -0.25) is 15.5 Å². The first-order valence-corrected chi connectivity index (χ1v) is 7.51. The van der Waals surface area contributed by atoms with E-state index in [0.29, 0.717) is 15.9 Å². The molecule has 23 heavy (non-hydrogen) atoms. The number of hydrazone groups is 1. The molecule has 0 saturated heterocycles. The first kappa shape index (κ1) is 15.1. The highest BCUT2D eigenvalue weighted by Crippen LogP contribution is 2.25. The van der Waals surface area contributed by atoms with Crippen molar-refractivity contribution >= 4 is 44.6 Å². The molecule has 0 aliphatic heterocycles. The topological polar surface area (TPSA) is 80.4 Å². The van der Waals surface area contributed by atoms with E-state index in [1.807, 2.05) is 36.4 Å². The number of fused-ring (bicyclic) bond motifs is 1. The lowest BCUT2D eigenvalue weighted by Gasteiger charge is -2.02. The lowest BCUT2D eigenvalue weighted by Crippen LogP contribution is -1.95. The molecule has 0 spiro atoms.